The van der Waals surface area contributed by atoms with Gasteiger partial charge in [0.25, 0.3) is 0 Å². The Labute approximate surface area is 92.1 Å². The summed E-state index contributed by atoms with van der Waals surface area (Å²) in [5, 5.41) is 0.682. The maximum Gasteiger partial charge on any atom is 0.186 e. The van der Waals surface area contributed by atoms with Crippen LogP contribution in [-0.2, 0) is 4.79 Å². The third-order valence-corrected chi connectivity index (χ3v) is 2.22. The minimum Gasteiger partial charge on any atom is -0.288 e. The summed E-state index contributed by atoms with van der Waals surface area (Å²) in [4.78, 5) is 14.6. The number of pyridine rings is 1. The van der Waals surface area contributed by atoms with Crippen LogP contribution in [0.1, 0.15) is 12.6 Å². The smallest absolute Gasteiger partial charge is 0.186 e. The summed E-state index contributed by atoms with van der Waals surface area (Å²) in [6.45, 7) is 1.52. The van der Waals surface area contributed by atoms with Gasteiger partial charge in [-0.05, 0) is 18.1 Å². The molecule has 0 saturated carbocycles. The predicted octanol–water partition coefficient (Wildman–Crippen LogP) is 2.37. The molecule has 0 aliphatic rings. The van der Waals surface area contributed by atoms with Crippen molar-refractivity contribution in [3.8, 4) is 11.8 Å². The average Bonchev–Trinajstić information content (AvgIpc) is 2.12. The fraction of sp³-hybridized carbons (Fsp3) is 0.200. The normalized spacial score (nSPS) is 9.00. The second kappa shape index (κ2) is 5.69. The summed E-state index contributed by atoms with van der Waals surface area (Å²) >= 11 is 6.92. The third kappa shape index (κ3) is 4.31. The molecule has 0 aliphatic carbocycles. The van der Waals surface area contributed by atoms with Gasteiger partial charge in [0, 0.05) is 18.1 Å². The first-order chi connectivity index (χ1) is 6.68. The molecule has 0 atom stereocenters. The highest BCUT2D eigenvalue weighted by Gasteiger charge is 1.91. The first kappa shape index (κ1) is 11.1. The van der Waals surface area contributed by atoms with E-state index in [2.05, 4.69) is 16.8 Å². The van der Waals surface area contributed by atoms with Gasteiger partial charge >= 0.3 is 0 Å². The van der Waals surface area contributed by atoms with E-state index in [1.807, 2.05) is 0 Å². The van der Waals surface area contributed by atoms with Gasteiger partial charge < -0.3 is 0 Å². The zero-order valence-corrected chi connectivity index (χ0v) is 9.15. The van der Waals surface area contributed by atoms with Gasteiger partial charge in [0.1, 0.15) is 5.69 Å². The summed E-state index contributed by atoms with van der Waals surface area (Å²) in [6, 6.07) is 3.38. The standard InChI is InChI=1S/C10H8ClNOS/c1-8(13)14-6-2-3-10-7-9(11)4-5-12-10/h4-5,7H,6H2,1H3. The topological polar surface area (TPSA) is 30.0 Å². The molecule has 0 N–H and O–H groups in total. The van der Waals surface area contributed by atoms with Crippen molar-refractivity contribution in [2.75, 3.05) is 5.75 Å². The quantitative estimate of drug-likeness (QED) is 0.688. The highest BCUT2D eigenvalue weighted by molar-refractivity contribution is 8.13. The van der Waals surface area contributed by atoms with Gasteiger partial charge in [0.05, 0.1) is 5.75 Å². The lowest BCUT2D eigenvalue weighted by Gasteiger charge is -1.89. The first-order valence-electron chi connectivity index (χ1n) is 3.92. The Morgan fingerprint density at radius 1 is 1.71 bits per heavy atom. The summed E-state index contributed by atoms with van der Waals surface area (Å²) in [5.74, 6) is 6.14. The molecule has 1 heterocycles. The van der Waals surface area contributed by atoms with Crippen LogP contribution in [0, 0.1) is 11.8 Å². The lowest BCUT2D eigenvalue weighted by molar-refractivity contribution is -0.109. The Balaban J connectivity index is 2.55. The van der Waals surface area contributed by atoms with Crippen LogP contribution in [0.5, 0.6) is 0 Å². The summed E-state index contributed by atoms with van der Waals surface area (Å²) in [6.07, 6.45) is 1.60. The number of rotatable bonds is 1. The molecule has 72 valence electrons. The van der Waals surface area contributed by atoms with Crippen LogP contribution in [-0.4, -0.2) is 15.9 Å². The number of nitrogens with zero attached hydrogens (tertiary/aromatic N) is 1. The minimum atomic E-state index is 0.0679. The molecule has 1 aromatic heterocycles. The van der Waals surface area contributed by atoms with E-state index < -0.39 is 0 Å². The molecule has 4 heteroatoms. The predicted molar refractivity (Wildman–Crippen MR) is 59.3 cm³/mol. The maximum absolute atomic E-state index is 10.6. The third-order valence-electron chi connectivity index (χ3n) is 1.29. The van der Waals surface area contributed by atoms with Crippen LogP contribution < -0.4 is 0 Å². The van der Waals surface area contributed by atoms with Gasteiger partial charge in [-0.15, -0.1) is 0 Å². The van der Waals surface area contributed by atoms with Crippen molar-refractivity contribution in [2.24, 2.45) is 0 Å². The van der Waals surface area contributed by atoms with Crippen molar-refractivity contribution < 1.29 is 4.79 Å². The maximum atomic E-state index is 10.6. The number of aromatic nitrogens is 1. The molecule has 2 nitrogen and oxygen atoms in total. The lowest BCUT2D eigenvalue weighted by Crippen LogP contribution is -1.84. The van der Waals surface area contributed by atoms with E-state index in [9.17, 15) is 4.79 Å². The molecular formula is C10H8ClNOS. The van der Waals surface area contributed by atoms with Gasteiger partial charge in [-0.3, -0.25) is 4.79 Å². The van der Waals surface area contributed by atoms with Crippen molar-refractivity contribution in [3.05, 3.63) is 29.0 Å². The number of hydrogen-bond acceptors (Lipinski definition) is 3. The molecule has 14 heavy (non-hydrogen) atoms. The van der Waals surface area contributed by atoms with Crippen LogP contribution >= 0.6 is 23.4 Å². The van der Waals surface area contributed by atoms with E-state index >= 15 is 0 Å². The fourth-order valence-electron chi connectivity index (χ4n) is 0.737. The van der Waals surface area contributed by atoms with Gasteiger partial charge in [-0.1, -0.05) is 29.3 Å². The van der Waals surface area contributed by atoms with Crippen LogP contribution in [0.15, 0.2) is 18.3 Å². The van der Waals surface area contributed by atoms with E-state index in [4.69, 9.17) is 11.6 Å². The average molecular weight is 226 g/mol. The van der Waals surface area contributed by atoms with Gasteiger partial charge in [0.15, 0.2) is 5.12 Å². The van der Waals surface area contributed by atoms with Crippen LogP contribution in [0.3, 0.4) is 0 Å². The molecule has 0 unspecified atom stereocenters. The van der Waals surface area contributed by atoms with Crippen molar-refractivity contribution in [1.82, 2.24) is 4.98 Å². The fourth-order valence-corrected chi connectivity index (χ4v) is 1.24. The highest BCUT2D eigenvalue weighted by Crippen LogP contribution is 2.06. The van der Waals surface area contributed by atoms with Crippen LogP contribution in [0.4, 0.5) is 0 Å². The molecule has 0 amide bonds. The second-order valence-corrected chi connectivity index (χ2v) is 4.03. The number of carbonyl (C=O) groups excluding carboxylic acids is 1. The summed E-state index contributed by atoms with van der Waals surface area (Å²) in [7, 11) is 0. The van der Waals surface area contributed by atoms with Crippen molar-refractivity contribution in [2.45, 2.75) is 6.92 Å². The zero-order chi connectivity index (χ0) is 10.4. The molecule has 0 saturated heterocycles. The molecule has 0 bridgehead atoms. The molecule has 0 aromatic carbocycles. The number of halogens is 1. The number of carbonyl (C=O) groups is 1. The van der Waals surface area contributed by atoms with Crippen LogP contribution in [0.25, 0.3) is 0 Å². The molecule has 1 rings (SSSR count). The second-order valence-electron chi connectivity index (χ2n) is 2.44. The minimum absolute atomic E-state index is 0.0679. The molecular weight excluding hydrogens is 218 g/mol. The SMILES string of the molecule is CC(=O)SCC#Cc1cc(Cl)ccn1. The zero-order valence-electron chi connectivity index (χ0n) is 7.58. The number of hydrogen-bond donors (Lipinski definition) is 0. The highest BCUT2D eigenvalue weighted by atomic mass is 35.5. The Morgan fingerprint density at radius 3 is 3.14 bits per heavy atom. The molecule has 0 fully saturated rings. The van der Waals surface area contributed by atoms with E-state index in [0.717, 1.165) is 0 Å². The monoisotopic (exact) mass is 225 g/mol. The van der Waals surface area contributed by atoms with Gasteiger partial charge in [-0.2, -0.15) is 0 Å². The Kier molecular flexibility index (Phi) is 4.51. The molecule has 0 spiro atoms. The molecule has 0 aliphatic heterocycles. The van der Waals surface area contributed by atoms with Crippen molar-refractivity contribution in [1.29, 1.82) is 0 Å². The lowest BCUT2D eigenvalue weighted by atomic mass is 10.3. The number of thioether (sulfide) groups is 1. The van der Waals surface area contributed by atoms with Crippen LogP contribution in [0.2, 0.25) is 5.02 Å². The van der Waals surface area contributed by atoms with Gasteiger partial charge in [0.2, 0.25) is 0 Å². The van der Waals surface area contributed by atoms with E-state index in [0.29, 0.717) is 16.5 Å². The van der Waals surface area contributed by atoms with E-state index in [-0.39, 0.29) is 5.12 Å². The van der Waals surface area contributed by atoms with Crippen molar-refractivity contribution in [3.63, 3.8) is 0 Å². The first-order valence-corrected chi connectivity index (χ1v) is 5.28. The Morgan fingerprint density at radius 2 is 2.50 bits per heavy atom. The van der Waals surface area contributed by atoms with E-state index in [1.54, 1.807) is 18.3 Å². The Hall–Kier alpha value is -0.980. The van der Waals surface area contributed by atoms with E-state index in [1.165, 1.54) is 18.7 Å². The molecule has 0 radical (unpaired) electrons. The Bertz CT molecular complexity index is 395. The summed E-state index contributed by atoms with van der Waals surface area (Å²) in [5.41, 5.74) is 0.627. The molecule has 1 aromatic rings. The summed E-state index contributed by atoms with van der Waals surface area (Å²) < 4.78 is 0. The van der Waals surface area contributed by atoms with Crippen molar-refractivity contribution >= 4 is 28.5 Å². The van der Waals surface area contributed by atoms with Gasteiger partial charge in [-0.25, -0.2) is 4.98 Å². The largest absolute Gasteiger partial charge is 0.288 e.